The molecule has 8 heteroatoms. The molecular weight excluding hydrogens is 270 g/mol. The first-order valence-electron chi connectivity index (χ1n) is 5.63. The van der Waals surface area contributed by atoms with E-state index >= 15 is 0 Å². The van der Waals surface area contributed by atoms with Crippen molar-refractivity contribution in [2.24, 2.45) is 5.92 Å². The highest BCUT2D eigenvalue weighted by Crippen LogP contribution is 2.27. The minimum Gasteiger partial charge on any atom is -0.360 e. The van der Waals surface area contributed by atoms with Crippen molar-refractivity contribution in [3.8, 4) is 0 Å². The van der Waals surface area contributed by atoms with E-state index < -0.39 is 0 Å². The van der Waals surface area contributed by atoms with Crippen molar-refractivity contribution in [3.05, 3.63) is 11.7 Å². The maximum atomic E-state index is 5.03. The van der Waals surface area contributed by atoms with Crippen molar-refractivity contribution in [1.29, 1.82) is 0 Å². The molecule has 0 fully saturated rings. The predicted octanol–water partition coefficient (Wildman–Crippen LogP) is 2.59. The summed E-state index contributed by atoms with van der Waals surface area (Å²) in [5, 5.41) is 16.0. The standard InChI is InChI=1S/C10H15N5OS2/c1-6(2)4-11-9-13-14-10(18-9)17-5-8-12-7(3)15-16-8/h6H,4-5H2,1-3H3,(H,11,13). The number of nitrogens with zero attached hydrogens (tertiary/aromatic N) is 4. The molecule has 0 bridgehead atoms. The second kappa shape index (κ2) is 6.14. The first kappa shape index (κ1) is 13.3. The number of nitrogens with one attached hydrogen (secondary N) is 1. The molecule has 98 valence electrons. The molecule has 0 saturated heterocycles. The number of thioether (sulfide) groups is 1. The fourth-order valence-corrected chi connectivity index (χ4v) is 2.75. The Morgan fingerprint density at radius 1 is 1.39 bits per heavy atom. The van der Waals surface area contributed by atoms with Crippen LogP contribution in [0.1, 0.15) is 25.6 Å². The monoisotopic (exact) mass is 285 g/mol. The highest BCUT2D eigenvalue weighted by Gasteiger charge is 2.08. The Bertz CT molecular complexity index is 496. The highest BCUT2D eigenvalue weighted by molar-refractivity contribution is 8.00. The maximum Gasteiger partial charge on any atom is 0.237 e. The lowest BCUT2D eigenvalue weighted by Crippen LogP contribution is -2.07. The molecule has 0 amide bonds. The van der Waals surface area contributed by atoms with Gasteiger partial charge in [-0.15, -0.1) is 10.2 Å². The average Bonchev–Trinajstić information content (AvgIpc) is 2.93. The second-order valence-electron chi connectivity index (χ2n) is 4.17. The van der Waals surface area contributed by atoms with Gasteiger partial charge in [0, 0.05) is 6.54 Å². The molecule has 0 aromatic carbocycles. The van der Waals surface area contributed by atoms with E-state index in [9.17, 15) is 0 Å². The number of aryl methyl sites for hydroxylation is 1. The third-order valence-corrected chi connectivity index (χ3v) is 3.96. The van der Waals surface area contributed by atoms with Crippen LogP contribution >= 0.6 is 23.1 Å². The number of rotatable bonds is 6. The van der Waals surface area contributed by atoms with Gasteiger partial charge in [-0.25, -0.2) is 0 Å². The third kappa shape index (κ3) is 3.95. The molecule has 0 unspecified atom stereocenters. The second-order valence-corrected chi connectivity index (χ2v) is 6.37. The van der Waals surface area contributed by atoms with Crippen LogP contribution in [-0.2, 0) is 5.75 Å². The molecule has 0 aliphatic carbocycles. The van der Waals surface area contributed by atoms with Gasteiger partial charge in [0.05, 0.1) is 5.75 Å². The molecule has 0 aliphatic rings. The smallest absolute Gasteiger partial charge is 0.237 e. The first-order chi connectivity index (χ1) is 8.63. The van der Waals surface area contributed by atoms with Crippen LogP contribution in [0.2, 0.25) is 0 Å². The van der Waals surface area contributed by atoms with Crippen LogP contribution in [0.25, 0.3) is 0 Å². The zero-order valence-corrected chi connectivity index (χ0v) is 12.1. The highest BCUT2D eigenvalue weighted by atomic mass is 32.2. The van der Waals surface area contributed by atoms with Gasteiger partial charge >= 0.3 is 0 Å². The summed E-state index contributed by atoms with van der Waals surface area (Å²) in [6, 6.07) is 0. The van der Waals surface area contributed by atoms with Gasteiger partial charge in [0.2, 0.25) is 11.0 Å². The van der Waals surface area contributed by atoms with Crippen LogP contribution in [-0.4, -0.2) is 26.9 Å². The molecule has 18 heavy (non-hydrogen) atoms. The first-order valence-corrected chi connectivity index (χ1v) is 7.43. The fraction of sp³-hybridized carbons (Fsp3) is 0.600. The number of hydrogen-bond acceptors (Lipinski definition) is 8. The Balaban J connectivity index is 1.83. The molecule has 1 N–H and O–H groups in total. The third-order valence-electron chi connectivity index (χ3n) is 1.96. The average molecular weight is 285 g/mol. The van der Waals surface area contributed by atoms with E-state index in [0.29, 0.717) is 23.4 Å². The topological polar surface area (TPSA) is 76.7 Å². The Morgan fingerprint density at radius 3 is 2.89 bits per heavy atom. The van der Waals surface area contributed by atoms with Crippen LogP contribution in [0.5, 0.6) is 0 Å². The largest absolute Gasteiger partial charge is 0.360 e. The summed E-state index contributed by atoms with van der Waals surface area (Å²) in [5.74, 6) is 2.48. The van der Waals surface area contributed by atoms with Crippen molar-refractivity contribution in [2.45, 2.75) is 30.9 Å². The van der Waals surface area contributed by atoms with Gasteiger partial charge in [-0.05, 0) is 12.8 Å². The van der Waals surface area contributed by atoms with Crippen molar-refractivity contribution < 1.29 is 4.52 Å². The van der Waals surface area contributed by atoms with E-state index in [4.69, 9.17) is 4.52 Å². The van der Waals surface area contributed by atoms with Crippen molar-refractivity contribution >= 4 is 28.2 Å². The van der Waals surface area contributed by atoms with Gasteiger partial charge < -0.3 is 9.84 Å². The van der Waals surface area contributed by atoms with Crippen LogP contribution in [0.4, 0.5) is 5.13 Å². The van der Waals surface area contributed by atoms with E-state index in [1.54, 1.807) is 30.0 Å². The van der Waals surface area contributed by atoms with Gasteiger partial charge in [0.15, 0.2) is 10.2 Å². The molecule has 6 nitrogen and oxygen atoms in total. The molecule has 0 saturated carbocycles. The van der Waals surface area contributed by atoms with Crippen molar-refractivity contribution in [1.82, 2.24) is 20.3 Å². The Hall–Kier alpha value is -1.15. The minimum atomic E-state index is 0.589. The van der Waals surface area contributed by atoms with Gasteiger partial charge in [-0.1, -0.05) is 42.1 Å². The van der Waals surface area contributed by atoms with Gasteiger partial charge in [-0.3, -0.25) is 0 Å². The summed E-state index contributed by atoms with van der Waals surface area (Å²) in [4.78, 5) is 4.13. The van der Waals surface area contributed by atoms with Gasteiger partial charge in [0.1, 0.15) is 0 Å². The summed E-state index contributed by atoms with van der Waals surface area (Å²) in [7, 11) is 0. The van der Waals surface area contributed by atoms with E-state index in [-0.39, 0.29) is 0 Å². The van der Waals surface area contributed by atoms with E-state index in [1.807, 2.05) is 0 Å². The minimum absolute atomic E-state index is 0.589. The number of aromatic nitrogens is 4. The Morgan fingerprint density at radius 2 is 2.22 bits per heavy atom. The van der Waals surface area contributed by atoms with Crippen molar-refractivity contribution in [2.75, 3.05) is 11.9 Å². The lowest BCUT2D eigenvalue weighted by Gasteiger charge is -2.03. The number of hydrogen-bond donors (Lipinski definition) is 1. The lowest BCUT2D eigenvalue weighted by molar-refractivity contribution is 0.387. The van der Waals surface area contributed by atoms with Crippen LogP contribution < -0.4 is 5.32 Å². The summed E-state index contributed by atoms with van der Waals surface area (Å²) in [6.07, 6.45) is 0. The summed E-state index contributed by atoms with van der Waals surface area (Å²) >= 11 is 3.09. The van der Waals surface area contributed by atoms with E-state index in [2.05, 4.69) is 39.5 Å². The van der Waals surface area contributed by atoms with Crippen LogP contribution in [0.3, 0.4) is 0 Å². The molecule has 0 atom stereocenters. The van der Waals surface area contributed by atoms with Crippen LogP contribution in [0.15, 0.2) is 8.86 Å². The van der Waals surface area contributed by atoms with Gasteiger partial charge in [0.25, 0.3) is 0 Å². The SMILES string of the molecule is Cc1noc(CSc2nnc(NCC(C)C)s2)n1. The molecule has 0 radical (unpaired) electrons. The summed E-state index contributed by atoms with van der Waals surface area (Å²) < 4.78 is 5.93. The molecule has 0 spiro atoms. The molecule has 2 heterocycles. The fourth-order valence-electron chi connectivity index (χ4n) is 1.15. The maximum absolute atomic E-state index is 5.03. The van der Waals surface area contributed by atoms with Crippen molar-refractivity contribution in [3.63, 3.8) is 0 Å². The van der Waals surface area contributed by atoms with E-state index in [0.717, 1.165) is 16.0 Å². The zero-order chi connectivity index (χ0) is 13.0. The normalized spacial score (nSPS) is 11.1. The summed E-state index contributed by atoms with van der Waals surface area (Å²) in [5.41, 5.74) is 0. The molecule has 2 rings (SSSR count). The molecule has 2 aromatic heterocycles. The Labute approximate surface area is 114 Å². The predicted molar refractivity (Wildman–Crippen MR) is 71.8 cm³/mol. The molecular formula is C10H15N5OS2. The Kier molecular flexibility index (Phi) is 4.54. The quantitative estimate of drug-likeness (QED) is 0.817. The zero-order valence-electron chi connectivity index (χ0n) is 10.5. The number of anilines is 1. The van der Waals surface area contributed by atoms with E-state index in [1.165, 1.54) is 0 Å². The molecule has 0 aliphatic heterocycles. The summed E-state index contributed by atoms with van der Waals surface area (Å²) in [6.45, 7) is 7.02. The van der Waals surface area contributed by atoms with Gasteiger partial charge in [-0.2, -0.15) is 4.98 Å². The van der Waals surface area contributed by atoms with Crippen LogP contribution in [0, 0.1) is 12.8 Å². The lowest BCUT2D eigenvalue weighted by atomic mass is 10.2. The molecule has 2 aromatic rings.